The Kier molecular flexibility index (Phi) is 8.91. The first kappa shape index (κ1) is 31.4. The molecule has 2 aromatic carbocycles. The van der Waals surface area contributed by atoms with Gasteiger partial charge in [0.25, 0.3) is 0 Å². The van der Waals surface area contributed by atoms with Gasteiger partial charge in [-0.3, -0.25) is 19.4 Å². The Balaban J connectivity index is 2.61. The second kappa shape index (κ2) is 11.4. The van der Waals surface area contributed by atoms with E-state index >= 15 is 0 Å². The monoisotopic (exact) mass is 543 g/mol. The predicted octanol–water partition coefficient (Wildman–Crippen LogP) is 8.90. The lowest BCUT2D eigenvalue weighted by molar-refractivity contribution is -0.139. The summed E-state index contributed by atoms with van der Waals surface area (Å²) >= 11 is 0. The van der Waals surface area contributed by atoms with Gasteiger partial charge in [-0.2, -0.15) is 0 Å². The van der Waals surface area contributed by atoms with Crippen molar-refractivity contribution in [1.82, 2.24) is 0 Å². The Hall–Kier alpha value is -3.17. The van der Waals surface area contributed by atoms with Crippen LogP contribution in [0.3, 0.4) is 0 Å². The van der Waals surface area contributed by atoms with Gasteiger partial charge in [-0.1, -0.05) is 91.8 Å². The van der Waals surface area contributed by atoms with Gasteiger partial charge in [0.15, 0.2) is 5.82 Å². The fourth-order valence-corrected chi connectivity index (χ4v) is 5.22. The summed E-state index contributed by atoms with van der Waals surface area (Å²) in [4.78, 5) is 37.3. The average Bonchev–Trinajstić information content (AvgIpc) is 2.85. The van der Waals surface area contributed by atoms with Crippen molar-refractivity contribution >= 4 is 29.1 Å². The zero-order valence-corrected chi connectivity index (χ0v) is 26.9. The topological polar surface area (TPSA) is 53.0 Å². The van der Waals surface area contributed by atoms with Crippen molar-refractivity contribution in [1.29, 1.82) is 0 Å². The summed E-state index contributed by atoms with van der Waals surface area (Å²) in [5, 5.41) is 0. The Morgan fingerprint density at radius 2 is 0.950 bits per heavy atom. The van der Waals surface area contributed by atoms with Gasteiger partial charge in [-0.05, 0) is 80.5 Å². The molecule has 5 nitrogen and oxygen atoms in total. The zero-order chi connectivity index (χ0) is 30.3. The molecule has 40 heavy (non-hydrogen) atoms. The summed E-state index contributed by atoms with van der Waals surface area (Å²) in [5.41, 5.74) is 4.14. The highest BCUT2D eigenvalue weighted by Crippen LogP contribution is 2.46. The number of hydrogen-bond acceptors (Lipinski definition) is 3. The molecular weight excluding hydrogens is 494 g/mol. The van der Waals surface area contributed by atoms with Crippen molar-refractivity contribution < 1.29 is 9.59 Å². The van der Waals surface area contributed by atoms with Crippen molar-refractivity contribution in [2.75, 3.05) is 9.80 Å². The molecule has 1 aliphatic rings. The first-order valence-corrected chi connectivity index (χ1v) is 14.7. The van der Waals surface area contributed by atoms with Crippen molar-refractivity contribution in [2.45, 2.75) is 119 Å². The smallest absolute Gasteiger partial charge is 0.248 e. The lowest BCUT2D eigenvalue weighted by Gasteiger charge is -2.46. The molecule has 0 spiro atoms. The van der Waals surface area contributed by atoms with Gasteiger partial charge in [-0.15, -0.1) is 0 Å². The molecule has 0 atom stereocenters. The molecule has 1 heterocycles. The second-order valence-electron chi connectivity index (χ2n) is 13.8. The lowest BCUT2D eigenvalue weighted by Crippen LogP contribution is -2.60. The minimum atomic E-state index is -1.30. The normalized spacial score (nSPS) is 16.1. The van der Waals surface area contributed by atoms with Crippen molar-refractivity contribution in [2.24, 2.45) is 10.4 Å². The van der Waals surface area contributed by atoms with Gasteiger partial charge >= 0.3 is 0 Å². The quantitative estimate of drug-likeness (QED) is 0.270. The van der Waals surface area contributed by atoms with E-state index in [9.17, 15) is 9.59 Å². The van der Waals surface area contributed by atoms with Gasteiger partial charge in [0.1, 0.15) is 5.41 Å². The number of carbonyl (C=O) groups excluding carboxylic acids is 2. The molecule has 2 aromatic rings. The van der Waals surface area contributed by atoms with Crippen molar-refractivity contribution in [3.05, 3.63) is 64.5 Å². The predicted molar refractivity (Wildman–Crippen MR) is 169 cm³/mol. The van der Waals surface area contributed by atoms with Gasteiger partial charge < -0.3 is 0 Å². The van der Waals surface area contributed by atoms with Crippen LogP contribution in [0.2, 0.25) is 0 Å². The first-order valence-electron chi connectivity index (χ1n) is 14.7. The number of amides is 2. The van der Waals surface area contributed by atoms with Gasteiger partial charge in [0, 0.05) is 5.87 Å². The summed E-state index contributed by atoms with van der Waals surface area (Å²) in [5.74, 6) is 3.75. The van der Waals surface area contributed by atoms with E-state index in [1.165, 1.54) is 0 Å². The molecule has 0 N–H and O–H groups in total. The maximum absolute atomic E-state index is 14.5. The van der Waals surface area contributed by atoms with Gasteiger partial charge in [0.2, 0.25) is 11.8 Å². The lowest BCUT2D eigenvalue weighted by atomic mass is 9.83. The van der Waals surface area contributed by atoms with E-state index in [1.807, 2.05) is 20.8 Å². The average molecular weight is 544 g/mol. The van der Waals surface area contributed by atoms with Crippen LogP contribution in [-0.2, 0) is 9.59 Å². The molecule has 0 aliphatic carbocycles. The maximum Gasteiger partial charge on any atom is 0.248 e. The molecule has 3 rings (SSSR count). The number of aliphatic imine (C=N–C) groups is 1. The Morgan fingerprint density at radius 3 is 1.20 bits per heavy atom. The van der Waals surface area contributed by atoms with Crippen LogP contribution < -0.4 is 9.80 Å². The Bertz CT molecular complexity index is 1210. The highest BCUT2D eigenvalue weighted by molar-refractivity contribution is 6.24. The molecule has 0 aromatic heterocycles. The summed E-state index contributed by atoms with van der Waals surface area (Å²) in [6, 6.07) is 12.5. The third-order valence-electron chi connectivity index (χ3n) is 7.52. The molecule has 1 saturated heterocycles. The van der Waals surface area contributed by atoms with Crippen LogP contribution in [0.1, 0.15) is 136 Å². The van der Waals surface area contributed by atoms with Crippen molar-refractivity contribution in [3.8, 4) is 0 Å². The number of anilines is 2. The zero-order valence-electron chi connectivity index (χ0n) is 26.9. The molecular formula is C35H49N3O2. The molecule has 0 saturated carbocycles. The highest BCUT2D eigenvalue weighted by atomic mass is 16.2. The Labute approximate surface area is 242 Å². The summed E-state index contributed by atoms with van der Waals surface area (Å²) in [6.45, 7) is 26.6. The van der Waals surface area contributed by atoms with E-state index in [2.05, 4.69) is 97.7 Å². The van der Waals surface area contributed by atoms with Gasteiger partial charge in [-0.25, -0.2) is 4.99 Å². The molecule has 216 valence electrons. The number of carbonyl (C=O) groups is 2. The van der Waals surface area contributed by atoms with E-state index < -0.39 is 11.0 Å². The molecule has 1 aliphatic heterocycles. The molecule has 1 fully saturated rings. The largest absolute Gasteiger partial charge is 0.273 e. The van der Waals surface area contributed by atoms with E-state index in [-0.39, 0.29) is 35.5 Å². The van der Waals surface area contributed by atoms with Crippen LogP contribution in [0, 0.1) is 5.41 Å². The maximum atomic E-state index is 14.5. The van der Waals surface area contributed by atoms with E-state index in [4.69, 9.17) is 4.99 Å². The summed E-state index contributed by atoms with van der Waals surface area (Å²) < 4.78 is 0. The molecule has 0 radical (unpaired) electrons. The summed E-state index contributed by atoms with van der Waals surface area (Å²) in [7, 11) is 0. The second-order valence-corrected chi connectivity index (χ2v) is 13.8. The highest BCUT2D eigenvalue weighted by Gasteiger charge is 2.52. The summed E-state index contributed by atoms with van der Waals surface area (Å²) in [6.07, 6.45) is 0. The van der Waals surface area contributed by atoms with Gasteiger partial charge in [0.05, 0.1) is 16.9 Å². The first-order chi connectivity index (χ1) is 18.4. The Morgan fingerprint density at radius 1 is 0.650 bits per heavy atom. The van der Waals surface area contributed by atoms with E-state index in [1.54, 1.807) is 23.6 Å². The fraction of sp³-hybridized carbons (Fsp3) is 0.543. The fourth-order valence-electron chi connectivity index (χ4n) is 5.22. The molecule has 0 bridgehead atoms. The molecule has 5 heteroatoms. The minimum Gasteiger partial charge on any atom is -0.273 e. The van der Waals surface area contributed by atoms with E-state index in [0.29, 0.717) is 5.82 Å². The molecule has 0 unspecified atom stereocenters. The van der Waals surface area contributed by atoms with Crippen LogP contribution in [0.4, 0.5) is 11.4 Å². The van der Waals surface area contributed by atoms with Crippen LogP contribution >= 0.6 is 0 Å². The standard InChI is InChI=1S/C35H49N3O2/c1-21(2)25-16-14-17-26(22(3)4)30(25)37-29(20-36-34(9,10)11)38(33(40)35(12,13)32(37)39)31-27(23(5)6)18-15-19-28(31)24(7)8/h14-19,21-24H,1-13H3. The van der Waals surface area contributed by atoms with E-state index in [0.717, 1.165) is 33.6 Å². The third kappa shape index (κ3) is 5.81. The number of benzene rings is 2. The van der Waals surface area contributed by atoms with Crippen LogP contribution in [0.5, 0.6) is 0 Å². The molecule has 2 amide bonds. The van der Waals surface area contributed by atoms with Crippen LogP contribution in [0.25, 0.3) is 0 Å². The van der Waals surface area contributed by atoms with Crippen molar-refractivity contribution in [3.63, 3.8) is 0 Å². The third-order valence-corrected chi connectivity index (χ3v) is 7.52. The number of nitrogens with zero attached hydrogens (tertiary/aromatic N) is 3. The minimum absolute atomic E-state index is 0.158. The number of rotatable bonds is 6. The number of hydrogen-bond donors (Lipinski definition) is 0. The van der Waals surface area contributed by atoms with Crippen LogP contribution in [0.15, 0.2) is 47.2 Å². The number of para-hydroxylation sites is 2. The SMILES string of the molecule is CC(C)c1cccc(C(C)C)c1N1C(=O)C(C)(C)C(=O)N(c2c(C(C)C)cccc2C(C)C)C1=C=NC(C)(C)C. The van der Waals surface area contributed by atoms with Crippen LogP contribution in [-0.4, -0.2) is 23.2 Å².